The van der Waals surface area contributed by atoms with Gasteiger partial charge in [0, 0.05) is 55.5 Å². The molecule has 0 unspecified atom stereocenters. The van der Waals surface area contributed by atoms with E-state index in [2.05, 4.69) is 181 Å². The Morgan fingerprint density at radius 3 is 1.42 bits per heavy atom. The summed E-state index contributed by atoms with van der Waals surface area (Å²) in [5, 5.41) is 8.02. The van der Waals surface area contributed by atoms with E-state index in [-0.39, 0.29) is 0 Å². The highest BCUT2D eigenvalue weighted by Crippen LogP contribution is 2.50. The van der Waals surface area contributed by atoms with Crippen molar-refractivity contribution in [1.82, 2.24) is 9.13 Å². The first-order valence-electron chi connectivity index (χ1n) is 22.4. The lowest BCUT2D eigenvalue weighted by Crippen LogP contribution is -2.03. The van der Waals surface area contributed by atoms with Crippen LogP contribution in [0.15, 0.2) is 197 Å². The van der Waals surface area contributed by atoms with E-state index in [1.54, 1.807) is 0 Å². The van der Waals surface area contributed by atoms with Gasteiger partial charge >= 0.3 is 0 Å². The molecule has 1 aliphatic heterocycles. The number of para-hydroxylation sites is 3. The number of allylic oxidation sites excluding steroid dienone is 1. The molecule has 0 spiro atoms. The molecule has 6 nitrogen and oxygen atoms in total. The van der Waals surface area contributed by atoms with Crippen LogP contribution in [0.2, 0.25) is 0 Å². The van der Waals surface area contributed by atoms with Crippen molar-refractivity contribution in [2.45, 2.75) is 13.8 Å². The van der Waals surface area contributed by atoms with Crippen molar-refractivity contribution in [2.75, 3.05) is 0 Å². The Morgan fingerprint density at radius 1 is 0.379 bits per heavy atom. The van der Waals surface area contributed by atoms with Gasteiger partial charge in [-0.05, 0) is 114 Å². The SMILES string of the molecule is C/C=C\c1c(C)c2c(-c3cccc4oc5ccccc5c34)cccc2n1-c1ccc2c(c1)Oc1ccc(-n3c4ccccc4c4c(-c5cccc6oc7ccccc7c56)cccc43)cc1O2. The Balaban J connectivity index is 0.869. The van der Waals surface area contributed by atoms with Gasteiger partial charge in [-0.2, -0.15) is 0 Å². The fourth-order valence-corrected chi connectivity index (χ4v) is 10.8. The molecule has 66 heavy (non-hydrogen) atoms. The molecule has 0 bridgehead atoms. The highest BCUT2D eigenvalue weighted by atomic mass is 16.6. The zero-order chi connectivity index (χ0) is 43.6. The van der Waals surface area contributed by atoms with Crippen LogP contribution < -0.4 is 9.47 Å². The molecule has 0 fully saturated rings. The van der Waals surface area contributed by atoms with Gasteiger partial charge in [0.25, 0.3) is 0 Å². The molecule has 0 atom stereocenters. The van der Waals surface area contributed by atoms with E-state index in [0.29, 0.717) is 23.0 Å². The minimum atomic E-state index is 0.659. The van der Waals surface area contributed by atoms with Crippen LogP contribution in [0.5, 0.6) is 23.0 Å². The number of benzene rings is 9. The molecular formula is C60H38N2O4. The van der Waals surface area contributed by atoms with Crippen LogP contribution in [-0.2, 0) is 0 Å². The molecule has 6 heteroatoms. The van der Waals surface area contributed by atoms with Gasteiger partial charge in [0.2, 0.25) is 0 Å². The molecule has 1 aliphatic rings. The van der Waals surface area contributed by atoms with Crippen LogP contribution >= 0.6 is 0 Å². The van der Waals surface area contributed by atoms with Gasteiger partial charge in [-0.3, -0.25) is 0 Å². The van der Waals surface area contributed by atoms with Gasteiger partial charge in [0.05, 0.1) is 27.9 Å². The van der Waals surface area contributed by atoms with Crippen LogP contribution in [0.25, 0.3) is 116 Å². The van der Waals surface area contributed by atoms with Crippen molar-refractivity contribution in [3.05, 3.63) is 199 Å². The zero-order valence-corrected chi connectivity index (χ0v) is 36.0. The first kappa shape index (κ1) is 36.7. The summed E-state index contributed by atoms with van der Waals surface area (Å²) in [5.41, 5.74) is 15.7. The fraction of sp³-hybridized carbons (Fsp3) is 0.0333. The van der Waals surface area contributed by atoms with Crippen LogP contribution in [0.4, 0.5) is 0 Å². The summed E-state index contributed by atoms with van der Waals surface area (Å²) in [6.45, 7) is 4.29. The summed E-state index contributed by atoms with van der Waals surface area (Å²) >= 11 is 0. The fourth-order valence-electron chi connectivity index (χ4n) is 10.8. The third kappa shape index (κ3) is 5.18. The van der Waals surface area contributed by atoms with Gasteiger partial charge < -0.3 is 27.4 Å². The zero-order valence-electron chi connectivity index (χ0n) is 36.0. The molecule has 0 amide bonds. The predicted molar refractivity (Wildman–Crippen MR) is 269 cm³/mol. The molecule has 0 N–H and O–H groups in total. The lowest BCUT2D eigenvalue weighted by molar-refractivity contribution is 0.359. The first-order valence-corrected chi connectivity index (χ1v) is 22.4. The summed E-state index contributed by atoms with van der Waals surface area (Å²) in [6, 6.07) is 63.6. The third-order valence-corrected chi connectivity index (χ3v) is 13.5. The number of aryl methyl sites for hydroxylation is 1. The highest BCUT2D eigenvalue weighted by Gasteiger charge is 2.26. The topological polar surface area (TPSA) is 54.6 Å². The summed E-state index contributed by atoms with van der Waals surface area (Å²) in [4.78, 5) is 0. The summed E-state index contributed by atoms with van der Waals surface area (Å²) in [7, 11) is 0. The second-order valence-corrected chi connectivity index (χ2v) is 17.1. The Bertz CT molecular complexity index is 4210. The van der Waals surface area contributed by atoms with Crippen molar-refractivity contribution in [3.63, 3.8) is 0 Å². The maximum absolute atomic E-state index is 6.74. The third-order valence-electron chi connectivity index (χ3n) is 13.5. The number of furan rings is 2. The Labute approximate surface area is 378 Å². The van der Waals surface area contributed by atoms with E-state index in [9.17, 15) is 0 Å². The second-order valence-electron chi connectivity index (χ2n) is 17.1. The summed E-state index contributed by atoms with van der Waals surface area (Å²) < 4.78 is 30.8. The smallest absolute Gasteiger partial charge is 0.172 e. The molecule has 312 valence electrons. The number of rotatable bonds is 5. The number of aromatic nitrogens is 2. The van der Waals surface area contributed by atoms with Crippen LogP contribution in [-0.4, -0.2) is 9.13 Å². The minimum absolute atomic E-state index is 0.659. The lowest BCUT2D eigenvalue weighted by Gasteiger charge is -2.23. The maximum atomic E-state index is 6.74. The van der Waals surface area contributed by atoms with Crippen molar-refractivity contribution >= 4 is 82.7 Å². The van der Waals surface area contributed by atoms with Gasteiger partial charge in [-0.15, -0.1) is 0 Å². The standard InChI is InChI=1S/C60H38N2O4/c1-3-14-45-35(2)57-38(40-20-12-27-53-59(40)43-16-5-8-25-49(43)63-53)18-10-23-47(57)61(45)36-29-31-51-55(33-36)65-52-32-30-37(34-56(52)66-51)62-46-22-7-4-15-42(46)58-39(19-11-24-48(58)62)41-21-13-28-54-60(41)44-17-6-9-26-50(44)64-54/h3-34H,1-2H3/b14-3-. The van der Waals surface area contributed by atoms with E-state index in [0.717, 1.165) is 99.7 Å². The van der Waals surface area contributed by atoms with E-state index >= 15 is 0 Å². The van der Waals surface area contributed by atoms with Gasteiger partial charge in [-0.25, -0.2) is 0 Å². The van der Waals surface area contributed by atoms with Crippen LogP contribution in [0.3, 0.4) is 0 Å². The number of hydrogen-bond donors (Lipinski definition) is 0. The molecule has 14 rings (SSSR count). The Morgan fingerprint density at radius 2 is 0.833 bits per heavy atom. The average Bonchev–Trinajstić information content (AvgIpc) is 4.11. The normalized spacial score (nSPS) is 12.6. The number of fused-ring (bicyclic) bond motifs is 12. The van der Waals surface area contributed by atoms with E-state index in [1.165, 1.54) is 21.7 Å². The molecule has 5 heterocycles. The van der Waals surface area contributed by atoms with E-state index < -0.39 is 0 Å². The predicted octanol–water partition coefficient (Wildman–Crippen LogP) is 17.1. The minimum Gasteiger partial charge on any atom is -0.456 e. The first-order chi connectivity index (χ1) is 32.6. The molecule has 4 aromatic heterocycles. The number of nitrogens with zero attached hydrogens (tertiary/aromatic N) is 2. The average molecular weight is 851 g/mol. The number of hydrogen-bond acceptors (Lipinski definition) is 4. The van der Waals surface area contributed by atoms with Crippen molar-refractivity contribution in [2.24, 2.45) is 0 Å². The molecule has 0 saturated carbocycles. The van der Waals surface area contributed by atoms with Crippen molar-refractivity contribution in [1.29, 1.82) is 0 Å². The van der Waals surface area contributed by atoms with Crippen molar-refractivity contribution in [3.8, 4) is 56.6 Å². The maximum Gasteiger partial charge on any atom is 0.172 e. The van der Waals surface area contributed by atoms with Crippen LogP contribution in [0.1, 0.15) is 18.2 Å². The van der Waals surface area contributed by atoms with Gasteiger partial charge in [0.15, 0.2) is 23.0 Å². The monoisotopic (exact) mass is 850 g/mol. The quantitative estimate of drug-likeness (QED) is 0.173. The molecular weight excluding hydrogens is 813 g/mol. The molecule has 0 saturated heterocycles. The largest absolute Gasteiger partial charge is 0.456 e. The van der Waals surface area contributed by atoms with E-state index in [1.807, 2.05) is 36.4 Å². The van der Waals surface area contributed by atoms with Gasteiger partial charge in [-0.1, -0.05) is 109 Å². The summed E-state index contributed by atoms with van der Waals surface area (Å²) in [5.74, 6) is 2.64. The van der Waals surface area contributed by atoms with Crippen molar-refractivity contribution < 1.29 is 18.3 Å². The Kier molecular flexibility index (Phi) is 7.72. The van der Waals surface area contributed by atoms with Crippen LogP contribution in [0, 0.1) is 6.92 Å². The number of ether oxygens (including phenoxy) is 2. The molecule has 9 aromatic carbocycles. The lowest BCUT2D eigenvalue weighted by atomic mass is 9.95. The second kappa shape index (κ2) is 13.9. The van der Waals surface area contributed by atoms with E-state index in [4.69, 9.17) is 18.3 Å². The molecule has 0 radical (unpaired) electrons. The highest BCUT2D eigenvalue weighted by molar-refractivity contribution is 6.21. The molecule has 13 aromatic rings. The molecule has 0 aliphatic carbocycles. The van der Waals surface area contributed by atoms with Gasteiger partial charge in [0.1, 0.15) is 22.3 Å². The summed E-state index contributed by atoms with van der Waals surface area (Å²) in [6.07, 6.45) is 4.30. The Hall–Kier alpha value is -8.74.